The standard InChI is InChI=1S/C18H29N3O2/c1-20(12-13-22)18(23)19-14-16-6-8-17(9-7-16)15-21-10-4-2-3-5-11-21/h6-9,22H,2-5,10-15H2,1H3,(H,19,23). The second kappa shape index (κ2) is 9.53. The molecule has 1 fully saturated rings. The molecule has 0 spiro atoms. The quantitative estimate of drug-likeness (QED) is 0.845. The van der Waals surface area contributed by atoms with Crippen LogP contribution in [0.5, 0.6) is 0 Å². The second-order valence-corrected chi connectivity index (χ2v) is 6.31. The average molecular weight is 319 g/mol. The number of hydrogen-bond acceptors (Lipinski definition) is 3. The molecule has 1 aliphatic heterocycles. The van der Waals surface area contributed by atoms with Gasteiger partial charge in [0.1, 0.15) is 0 Å². The van der Waals surface area contributed by atoms with Gasteiger partial charge in [0.05, 0.1) is 6.61 Å². The molecule has 5 nitrogen and oxygen atoms in total. The number of carbonyl (C=O) groups is 1. The van der Waals surface area contributed by atoms with Gasteiger partial charge in [-0.15, -0.1) is 0 Å². The van der Waals surface area contributed by atoms with Crippen molar-refractivity contribution in [2.45, 2.75) is 38.8 Å². The Bertz CT molecular complexity index is 468. The minimum absolute atomic E-state index is 0.0187. The van der Waals surface area contributed by atoms with Gasteiger partial charge in [0.2, 0.25) is 0 Å². The highest BCUT2D eigenvalue weighted by Gasteiger charge is 2.10. The van der Waals surface area contributed by atoms with E-state index >= 15 is 0 Å². The van der Waals surface area contributed by atoms with Crippen LogP contribution in [-0.2, 0) is 13.1 Å². The first-order valence-corrected chi connectivity index (χ1v) is 8.59. The maximum absolute atomic E-state index is 11.8. The highest BCUT2D eigenvalue weighted by Crippen LogP contribution is 2.13. The van der Waals surface area contributed by atoms with Crippen molar-refractivity contribution in [2.24, 2.45) is 0 Å². The number of nitrogens with zero attached hydrogens (tertiary/aromatic N) is 2. The SMILES string of the molecule is CN(CCO)C(=O)NCc1ccc(CN2CCCCCC2)cc1. The topological polar surface area (TPSA) is 55.8 Å². The van der Waals surface area contributed by atoms with E-state index < -0.39 is 0 Å². The van der Waals surface area contributed by atoms with Crippen molar-refractivity contribution in [3.63, 3.8) is 0 Å². The Balaban J connectivity index is 1.78. The number of aliphatic hydroxyl groups excluding tert-OH is 1. The number of benzene rings is 1. The van der Waals surface area contributed by atoms with Crippen LogP contribution in [0.3, 0.4) is 0 Å². The third kappa shape index (κ3) is 6.20. The molecule has 2 amide bonds. The van der Waals surface area contributed by atoms with Crippen molar-refractivity contribution in [3.8, 4) is 0 Å². The lowest BCUT2D eigenvalue weighted by Gasteiger charge is -2.20. The van der Waals surface area contributed by atoms with Crippen LogP contribution in [0.4, 0.5) is 4.79 Å². The molecule has 1 heterocycles. The molecule has 2 N–H and O–H groups in total. The first kappa shape index (κ1) is 17.8. The van der Waals surface area contributed by atoms with E-state index in [4.69, 9.17) is 5.11 Å². The molecule has 5 heteroatoms. The molecule has 0 bridgehead atoms. The number of amides is 2. The Morgan fingerprint density at radius 3 is 2.35 bits per heavy atom. The fraction of sp³-hybridized carbons (Fsp3) is 0.611. The molecule has 1 aliphatic rings. The summed E-state index contributed by atoms with van der Waals surface area (Å²) in [6, 6.07) is 8.32. The third-order valence-electron chi connectivity index (χ3n) is 4.35. The number of aliphatic hydroxyl groups is 1. The van der Waals surface area contributed by atoms with Gasteiger partial charge in [0, 0.05) is 26.7 Å². The summed E-state index contributed by atoms with van der Waals surface area (Å²) in [6.07, 6.45) is 5.34. The molecule has 0 radical (unpaired) electrons. The van der Waals surface area contributed by atoms with Crippen molar-refractivity contribution in [3.05, 3.63) is 35.4 Å². The third-order valence-corrected chi connectivity index (χ3v) is 4.35. The molecule has 23 heavy (non-hydrogen) atoms. The lowest BCUT2D eigenvalue weighted by Crippen LogP contribution is -2.38. The van der Waals surface area contributed by atoms with Gasteiger partial charge in [-0.2, -0.15) is 0 Å². The van der Waals surface area contributed by atoms with Crippen molar-refractivity contribution in [1.82, 2.24) is 15.1 Å². The van der Waals surface area contributed by atoms with Gasteiger partial charge in [-0.1, -0.05) is 37.1 Å². The zero-order valence-corrected chi connectivity index (χ0v) is 14.1. The number of rotatable bonds is 6. The maximum Gasteiger partial charge on any atom is 0.317 e. The van der Waals surface area contributed by atoms with Crippen LogP contribution in [0.25, 0.3) is 0 Å². The molecule has 0 unspecified atom stereocenters. The molecule has 0 atom stereocenters. The Kier molecular flexibility index (Phi) is 7.36. The van der Waals surface area contributed by atoms with Crippen LogP contribution in [0.15, 0.2) is 24.3 Å². The summed E-state index contributed by atoms with van der Waals surface area (Å²) in [5.74, 6) is 0. The second-order valence-electron chi connectivity index (χ2n) is 6.31. The maximum atomic E-state index is 11.8. The molecule has 128 valence electrons. The van der Waals surface area contributed by atoms with Gasteiger partial charge >= 0.3 is 6.03 Å². The molecule has 0 aromatic heterocycles. The minimum atomic E-state index is -0.160. The summed E-state index contributed by atoms with van der Waals surface area (Å²) < 4.78 is 0. The average Bonchev–Trinajstić information content (AvgIpc) is 2.83. The smallest absolute Gasteiger partial charge is 0.317 e. The van der Waals surface area contributed by atoms with E-state index in [0.717, 1.165) is 12.1 Å². The minimum Gasteiger partial charge on any atom is -0.395 e. The first-order valence-electron chi connectivity index (χ1n) is 8.59. The lowest BCUT2D eigenvalue weighted by molar-refractivity contribution is 0.190. The molecular formula is C18H29N3O2. The molecule has 1 aromatic carbocycles. The van der Waals surface area contributed by atoms with E-state index in [0.29, 0.717) is 13.1 Å². The first-order chi connectivity index (χ1) is 11.2. The summed E-state index contributed by atoms with van der Waals surface area (Å²) in [7, 11) is 1.68. The van der Waals surface area contributed by atoms with Gasteiger partial charge in [-0.3, -0.25) is 4.90 Å². The highest BCUT2D eigenvalue weighted by molar-refractivity contribution is 5.73. The highest BCUT2D eigenvalue weighted by atomic mass is 16.3. The molecule has 0 aliphatic carbocycles. The number of carbonyl (C=O) groups excluding carboxylic acids is 1. The van der Waals surface area contributed by atoms with Crippen LogP contribution in [-0.4, -0.2) is 54.2 Å². The Hall–Kier alpha value is -1.59. The van der Waals surface area contributed by atoms with E-state index in [9.17, 15) is 4.79 Å². The predicted molar refractivity (Wildman–Crippen MR) is 92.1 cm³/mol. The summed E-state index contributed by atoms with van der Waals surface area (Å²) >= 11 is 0. The summed E-state index contributed by atoms with van der Waals surface area (Å²) in [5.41, 5.74) is 2.43. The largest absolute Gasteiger partial charge is 0.395 e. The van der Waals surface area contributed by atoms with E-state index in [2.05, 4.69) is 34.5 Å². The van der Waals surface area contributed by atoms with Crippen molar-refractivity contribution in [1.29, 1.82) is 0 Å². The number of nitrogens with one attached hydrogen (secondary N) is 1. The van der Waals surface area contributed by atoms with Crippen molar-refractivity contribution >= 4 is 6.03 Å². The van der Waals surface area contributed by atoms with Gasteiger partial charge in [0.25, 0.3) is 0 Å². The van der Waals surface area contributed by atoms with Crippen molar-refractivity contribution < 1.29 is 9.90 Å². The van der Waals surface area contributed by atoms with E-state index in [-0.39, 0.29) is 12.6 Å². The Labute approximate surface area is 139 Å². The summed E-state index contributed by atoms with van der Waals surface area (Å²) in [6.45, 7) is 4.27. The molecule has 2 rings (SSSR count). The Morgan fingerprint density at radius 2 is 1.74 bits per heavy atom. The molecule has 1 saturated heterocycles. The molecule has 1 aromatic rings. The number of likely N-dealkylation sites (tertiary alicyclic amines) is 1. The Morgan fingerprint density at radius 1 is 1.13 bits per heavy atom. The fourth-order valence-electron chi connectivity index (χ4n) is 2.88. The van der Waals surface area contributed by atoms with E-state index in [1.165, 1.54) is 49.2 Å². The molecule has 0 saturated carbocycles. The molecular weight excluding hydrogens is 290 g/mol. The zero-order valence-electron chi connectivity index (χ0n) is 14.1. The van der Waals surface area contributed by atoms with Gasteiger partial charge in [-0.05, 0) is 37.1 Å². The number of urea groups is 1. The fourth-order valence-corrected chi connectivity index (χ4v) is 2.88. The predicted octanol–water partition coefficient (Wildman–Crippen LogP) is 2.20. The van der Waals surface area contributed by atoms with Crippen LogP contribution >= 0.6 is 0 Å². The van der Waals surface area contributed by atoms with Crippen molar-refractivity contribution in [2.75, 3.05) is 33.3 Å². The van der Waals surface area contributed by atoms with Crippen LogP contribution in [0.2, 0.25) is 0 Å². The van der Waals surface area contributed by atoms with E-state index in [1.807, 2.05) is 0 Å². The van der Waals surface area contributed by atoms with Gasteiger partial charge in [-0.25, -0.2) is 4.79 Å². The van der Waals surface area contributed by atoms with Gasteiger partial charge in [0.15, 0.2) is 0 Å². The summed E-state index contributed by atoms with van der Waals surface area (Å²) in [5, 5.41) is 11.7. The van der Waals surface area contributed by atoms with Crippen LogP contribution < -0.4 is 5.32 Å². The van der Waals surface area contributed by atoms with Crippen LogP contribution in [0.1, 0.15) is 36.8 Å². The van der Waals surface area contributed by atoms with E-state index in [1.54, 1.807) is 7.05 Å². The van der Waals surface area contributed by atoms with Crippen LogP contribution in [0, 0.1) is 0 Å². The normalized spacial score (nSPS) is 15.9. The zero-order chi connectivity index (χ0) is 16.5. The van der Waals surface area contributed by atoms with Gasteiger partial charge < -0.3 is 15.3 Å². The number of hydrogen-bond donors (Lipinski definition) is 2. The summed E-state index contributed by atoms with van der Waals surface area (Å²) in [4.78, 5) is 15.8. The monoisotopic (exact) mass is 319 g/mol. The number of likely N-dealkylation sites (N-methyl/N-ethyl adjacent to an activating group) is 1. The lowest BCUT2D eigenvalue weighted by atomic mass is 10.1.